The minimum Gasteiger partial charge on any atom is -0.480 e. The highest BCUT2D eigenvalue weighted by Gasteiger charge is 2.05. The van der Waals surface area contributed by atoms with E-state index in [1.54, 1.807) is 20.1 Å². The van der Waals surface area contributed by atoms with Gasteiger partial charge in [-0.1, -0.05) is 0 Å². The number of methoxy groups -OCH3 is 1. The summed E-state index contributed by atoms with van der Waals surface area (Å²) in [4.78, 5) is 0.830. The highest BCUT2D eigenvalue weighted by atomic mass is 32.1. The second-order valence-electron chi connectivity index (χ2n) is 1.95. The predicted octanol–water partition coefficient (Wildman–Crippen LogP) is 1.20. The standard InChI is InChI=1S/C6H9NO2S/c1-4(8)5-3-6(9-2)7-10-5/h3-4,8H,1-2H3. The summed E-state index contributed by atoms with van der Waals surface area (Å²) in [7, 11) is 1.56. The maximum Gasteiger partial charge on any atom is 0.225 e. The van der Waals surface area contributed by atoms with E-state index in [1.807, 2.05) is 0 Å². The number of aromatic nitrogens is 1. The molecule has 56 valence electrons. The van der Waals surface area contributed by atoms with Gasteiger partial charge in [0.2, 0.25) is 5.88 Å². The van der Waals surface area contributed by atoms with E-state index in [0.29, 0.717) is 5.88 Å². The molecule has 1 heterocycles. The SMILES string of the molecule is COc1cc(C(C)O)sn1. The van der Waals surface area contributed by atoms with Crippen molar-refractivity contribution in [1.29, 1.82) is 0 Å². The molecule has 0 aliphatic rings. The lowest BCUT2D eigenvalue weighted by Gasteiger charge is -1.94. The number of aliphatic hydroxyl groups is 1. The summed E-state index contributed by atoms with van der Waals surface area (Å²) in [6.07, 6.45) is -0.443. The van der Waals surface area contributed by atoms with Crippen molar-refractivity contribution in [3.8, 4) is 5.88 Å². The van der Waals surface area contributed by atoms with E-state index in [9.17, 15) is 0 Å². The molecule has 0 aliphatic carbocycles. The van der Waals surface area contributed by atoms with E-state index in [4.69, 9.17) is 9.84 Å². The molecule has 0 saturated carbocycles. The first-order valence-corrected chi connectivity index (χ1v) is 3.70. The molecule has 1 rings (SSSR count). The Morgan fingerprint density at radius 2 is 2.50 bits per heavy atom. The van der Waals surface area contributed by atoms with Crippen molar-refractivity contribution in [3.63, 3.8) is 0 Å². The minimum atomic E-state index is -0.443. The lowest BCUT2D eigenvalue weighted by molar-refractivity contribution is 0.203. The average Bonchev–Trinajstić information content (AvgIpc) is 2.34. The number of nitrogens with zero attached hydrogens (tertiary/aromatic N) is 1. The summed E-state index contributed by atoms with van der Waals surface area (Å²) < 4.78 is 8.75. The topological polar surface area (TPSA) is 42.4 Å². The largest absolute Gasteiger partial charge is 0.480 e. The van der Waals surface area contributed by atoms with Crippen molar-refractivity contribution in [2.75, 3.05) is 7.11 Å². The summed E-state index contributed by atoms with van der Waals surface area (Å²) in [6, 6.07) is 1.73. The van der Waals surface area contributed by atoms with Crippen LogP contribution in [0.3, 0.4) is 0 Å². The monoisotopic (exact) mass is 159 g/mol. The van der Waals surface area contributed by atoms with Crippen LogP contribution in [0.15, 0.2) is 6.07 Å². The highest BCUT2D eigenvalue weighted by Crippen LogP contribution is 2.21. The van der Waals surface area contributed by atoms with Crippen LogP contribution in [0.1, 0.15) is 17.9 Å². The molecule has 0 amide bonds. The van der Waals surface area contributed by atoms with Gasteiger partial charge in [0, 0.05) is 6.07 Å². The van der Waals surface area contributed by atoms with Crippen molar-refractivity contribution in [1.82, 2.24) is 4.37 Å². The third-order valence-corrected chi connectivity index (χ3v) is 2.07. The van der Waals surface area contributed by atoms with Gasteiger partial charge in [0.1, 0.15) is 0 Å². The van der Waals surface area contributed by atoms with E-state index in [-0.39, 0.29) is 0 Å². The highest BCUT2D eigenvalue weighted by molar-refractivity contribution is 7.06. The van der Waals surface area contributed by atoms with Gasteiger partial charge in [-0.25, -0.2) is 0 Å². The molecule has 3 nitrogen and oxygen atoms in total. The molecular weight excluding hydrogens is 150 g/mol. The first-order chi connectivity index (χ1) is 4.74. The summed E-state index contributed by atoms with van der Waals surface area (Å²) in [6.45, 7) is 1.70. The zero-order valence-corrected chi connectivity index (χ0v) is 6.68. The van der Waals surface area contributed by atoms with E-state index in [2.05, 4.69) is 4.37 Å². The Morgan fingerprint density at radius 3 is 2.80 bits per heavy atom. The van der Waals surface area contributed by atoms with Crippen LogP contribution in [-0.4, -0.2) is 16.6 Å². The Labute approximate surface area is 63.4 Å². The first kappa shape index (κ1) is 7.50. The Bertz CT molecular complexity index is 209. The van der Waals surface area contributed by atoms with Gasteiger partial charge in [-0.15, -0.1) is 0 Å². The predicted molar refractivity (Wildman–Crippen MR) is 39.3 cm³/mol. The van der Waals surface area contributed by atoms with Gasteiger partial charge in [0.15, 0.2) is 0 Å². The van der Waals surface area contributed by atoms with Gasteiger partial charge >= 0.3 is 0 Å². The molecule has 1 N–H and O–H groups in total. The molecule has 1 aromatic rings. The second kappa shape index (κ2) is 2.98. The third-order valence-electron chi connectivity index (χ3n) is 1.13. The zero-order chi connectivity index (χ0) is 7.56. The second-order valence-corrected chi connectivity index (χ2v) is 2.78. The van der Waals surface area contributed by atoms with Gasteiger partial charge < -0.3 is 9.84 Å². The maximum absolute atomic E-state index is 9.05. The van der Waals surface area contributed by atoms with E-state index in [0.717, 1.165) is 4.88 Å². The fourth-order valence-electron chi connectivity index (χ4n) is 0.565. The van der Waals surface area contributed by atoms with Crippen LogP contribution in [0, 0.1) is 0 Å². The molecule has 0 aliphatic heterocycles. The molecule has 0 fully saturated rings. The molecule has 1 unspecified atom stereocenters. The smallest absolute Gasteiger partial charge is 0.225 e. The van der Waals surface area contributed by atoms with Crippen molar-refractivity contribution in [2.24, 2.45) is 0 Å². The first-order valence-electron chi connectivity index (χ1n) is 2.92. The molecular formula is C6H9NO2S. The molecule has 0 saturated heterocycles. The van der Waals surface area contributed by atoms with E-state index in [1.165, 1.54) is 11.5 Å². The lowest BCUT2D eigenvalue weighted by atomic mass is 10.3. The summed E-state index contributed by atoms with van der Waals surface area (Å²) in [5.41, 5.74) is 0. The lowest BCUT2D eigenvalue weighted by Crippen LogP contribution is -1.84. The van der Waals surface area contributed by atoms with Crippen LogP contribution < -0.4 is 4.74 Å². The third kappa shape index (κ3) is 1.46. The van der Waals surface area contributed by atoms with Crippen molar-refractivity contribution in [3.05, 3.63) is 10.9 Å². The van der Waals surface area contributed by atoms with Gasteiger partial charge in [0.25, 0.3) is 0 Å². The van der Waals surface area contributed by atoms with E-state index < -0.39 is 6.10 Å². The van der Waals surface area contributed by atoms with Gasteiger partial charge in [-0.3, -0.25) is 0 Å². The zero-order valence-electron chi connectivity index (χ0n) is 5.87. The van der Waals surface area contributed by atoms with Crippen LogP contribution in [0.4, 0.5) is 0 Å². The number of aliphatic hydroxyl groups excluding tert-OH is 1. The Balaban J connectivity index is 2.78. The molecule has 10 heavy (non-hydrogen) atoms. The average molecular weight is 159 g/mol. The summed E-state index contributed by atoms with van der Waals surface area (Å²) >= 11 is 1.26. The number of rotatable bonds is 2. The molecule has 0 aromatic carbocycles. The van der Waals surface area contributed by atoms with Crippen LogP contribution >= 0.6 is 11.5 Å². The van der Waals surface area contributed by atoms with Crippen LogP contribution in [0.2, 0.25) is 0 Å². The Hall–Kier alpha value is -0.610. The van der Waals surface area contributed by atoms with Crippen LogP contribution in [0.25, 0.3) is 0 Å². The molecule has 0 spiro atoms. The van der Waals surface area contributed by atoms with Crippen LogP contribution in [0.5, 0.6) is 5.88 Å². The minimum absolute atomic E-state index is 0.443. The van der Waals surface area contributed by atoms with Crippen LogP contribution in [-0.2, 0) is 0 Å². The summed E-state index contributed by atoms with van der Waals surface area (Å²) in [5.74, 6) is 0.570. The number of hydrogen-bond acceptors (Lipinski definition) is 4. The van der Waals surface area contributed by atoms with E-state index >= 15 is 0 Å². The van der Waals surface area contributed by atoms with Crippen molar-refractivity contribution < 1.29 is 9.84 Å². The van der Waals surface area contributed by atoms with Crippen molar-refractivity contribution in [2.45, 2.75) is 13.0 Å². The fraction of sp³-hybridized carbons (Fsp3) is 0.500. The Kier molecular flexibility index (Phi) is 2.24. The molecule has 4 heteroatoms. The maximum atomic E-state index is 9.05. The van der Waals surface area contributed by atoms with Gasteiger partial charge in [0.05, 0.1) is 18.1 Å². The Morgan fingerprint density at radius 1 is 1.80 bits per heavy atom. The molecule has 1 atom stereocenters. The molecule has 0 radical (unpaired) electrons. The van der Waals surface area contributed by atoms with Gasteiger partial charge in [-0.2, -0.15) is 4.37 Å². The normalized spacial score (nSPS) is 13.1. The molecule has 0 bridgehead atoms. The quantitative estimate of drug-likeness (QED) is 0.705. The molecule has 1 aromatic heterocycles. The van der Waals surface area contributed by atoms with Crippen molar-refractivity contribution >= 4 is 11.5 Å². The number of hydrogen-bond donors (Lipinski definition) is 1. The summed E-state index contributed by atoms with van der Waals surface area (Å²) in [5, 5.41) is 9.05. The van der Waals surface area contributed by atoms with Gasteiger partial charge in [-0.05, 0) is 18.5 Å². The number of ether oxygens (including phenoxy) is 1. The fourth-order valence-corrected chi connectivity index (χ4v) is 1.19.